The Morgan fingerprint density at radius 2 is 1.64 bits per heavy atom. The third-order valence-corrected chi connectivity index (χ3v) is 9.69. The van der Waals surface area contributed by atoms with Crippen LogP contribution in [0.3, 0.4) is 0 Å². The van der Waals surface area contributed by atoms with Crippen molar-refractivity contribution in [3.63, 3.8) is 0 Å². The highest BCUT2D eigenvalue weighted by molar-refractivity contribution is 5.98. The Balaban J connectivity index is 1.43. The molecular formula is C38H44F4N4O4. The van der Waals surface area contributed by atoms with Gasteiger partial charge >= 0.3 is 12.1 Å². The summed E-state index contributed by atoms with van der Waals surface area (Å²) in [5.74, 6) is -3.76. The summed E-state index contributed by atoms with van der Waals surface area (Å²) in [6, 6.07) is 13.7. The molecule has 0 radical (unpaired) electrons. The predicted octanol–water partition coefficient (Wildman–Crippen LogP) is 7.77. The van der Waals surface area contributed by atoms with Gasteiger partial charge in [0, 0.05) is 29.5 Å². The first-order chi connectivity index (χ1) is 23.7. The van der Waals surface area contributed by atoms with Crippen LogP contribution in [0.1, 0.15) is 91.0 Å². The van der Waals surface area contributed by atoms with Crippen LogP contribution in [-0.4, -0.2) is 41.3 Å². The number of aryl methyl sites for hydroxylation is 1. The Labute approximate surface area is 289 Å². The van der Waals surface area contributed by atoms with E-state index in [1.807, 2.05) is 24.3 Å². The Morgan fingerprint density at radius 3 is 2.28 bits per heavy atom. The van der Waals surface area contributed by atoms with Crippen molar-refractivity contribution in [2.45, 2.75) is 90.2 Å². The van der Waals surface area contributed by atoms with Gasteiger partial charge in [0.2, 0.25) is 5.91 Å². The summed E-state index contributed by atoms with van der Waals surface area (Å²) in [5, 5.41) is 6.16. The summed E-state index contributed by atoms with van der Waals surface area (Å²) in [6.07, 6.45) is 0.423. The van der Waals surface area contributed by atoms with Gasteiger partial charge in [-0.3, -0.25) is 14.4 Å². The van der Waals surface area contributed by atoms with E-state index >= 15 is 4.39 Å². The number of nitrogens with two attached hydrogens (primary N) is 1. The number of amides is 2. The standard InChI is InChI=1S/C38H44F4N4O4/c1-22(2)33(43)37(49)50-21-25-15-18-28(20-30(25)38(40,41)42)45-35(47)29-11-7-19-46(36(48)32-23(3)8-6-12-31(32)39)34(29)24-13-16-27(17-14-24)44-26-9-4-5-10-26/h6,8,12-18,20,22,26,29,33-34,44H,4-5,7,9-11,19,21,43H2,1-3H3,(H,45,47)/t29-,33+,34-/m0/s1. The Bertz CT molecular complexity index is 1670. The number of anilines is 2. The van der Waals surface area contributed by atoms with Crippen LogP contribution < -0.4 is 16.4 Å². The molecule has 50 heavy (non-hydrogen) atoms. The predicted molar refractivity (Wildman–Crippen MR) is 183 cm³/mol. The van der Waals surface area contributed by atoms with E-state index in [9.17, 15) is 27.6 Å². The number of alkyl halides is 3. The number of hydrogen-bond donors (Lipinski definition) is 3. The number of carbonyl (C=O) groups excluding carboxylic acids is 3. The van der Waals surface area contributed by atoms with E-state index in [2.05, 4.69) is 10.6 Å². The molecule has 5 rings (SSSR count). The summed E-state index contributed by atoms with van der Waals surface area (Å²) >= 11 is 0. The fraction of sp³-hybridized carbons (Fsp3) is 0.447. The van der Waals surface area contributed by atoms with E-state index in [-0.39, 0.29) is 29.3 Å². The zero-order valence-corrected chi connectivity index (χ0v) is 28.5. The van der Waals surface area contributed by atoms with Crippen LogP contribution in [0, 0.1) is 24.6 Å². The van der Waals surface area contributed by atoms with Gasteiger partial charge < -0.3 is 26.0 Å². The van der Waals surface area contributed by atoms with Crippen LogP contribution >= 0.6 is 0 Å². The van der Waals surface area contributed by atoms with Crippen molar-refractivity contribution >= 4 is 29.2 Å². The first-order valence-corrected chi connectivity index (χ1v) is 17.1. The van der Waals surface area contributed by atoms with Crippen molar-refractivity contribution in [2.24, 2.45) is 17.6 Å². The van der Waals surface area contributed by atoms with E-state index in [1.165, 1.54) is 23.1 Å². The molecule has 1 aliphatic heterocycles. The van der Waals surface area contributed by atoms with Gasteiger partial charge in [-0.1, -0.05) is 57.0 Å². The maximum absolute atomic E-state index is 15.1. The summed E-state index contributed by atoms with van der Waals surface area (Å²) in [6.45, 7) is 4.65. The maximum atomic E-state index is 15.1. The van der Waals surface area contributed by atoms with Gasteiger partial charge in [0.25, 0.3) is 5.91 Å². The number of piperidine rings is 1. The van der Waals surface area contributed by atoms with Crippen LogP contribution in [0.25, 0.3) is 0 Å². The minimum absolute atomic E-state index is 0.0847. The fourth-order valence-electron chi connectivity index (χ4n) is 6.84. The highest BCUT2D eigenvalue weighted by atomic mass is 19.4. The van der Waals surface area contributed by atoms with Crippen molar-refractivity contribution in [1.82, 2.24) is 4.90 Å². The average Bonchev–Trinajstić information content (AvgIpc) is 3.59. The topological polar surface area (TPSA) is 114 Å². The number of esters is 1. The second kappa shape index (κ2) is 15.6. The van der Waals surface area contributed by atoms with Crippen molar-refractivity contribution in [2.75, 3.05) is 17.2 Å². The molecule has 4 N–H and O–H groups in total. The van der Waals surface area contributed by atoms with E-state index in [4.69, 9.17) is 10.5 Å². The number of nitrogens with zero attached hydrogens (tertiary/aromatic N) is 1. The van der Waals surface area contributed by atoms with Gasteiger partial charge in [0.05, 0.1) is 23.1 Å². The molecule has 0 spiro atoms. The second-order valence-electron chi connectivity index (χ2n) is 13.6. The molecule has 2 amide bonds. The van der Waals surface area contributed by atoms with Crippen molar-refractivity contribution < 1.29 is 36.7 Å². The maximum Gasteiger partial charge on any atom is 0.416 e. The number of rotatable bonds is 10. The summed E-state index contributed by atoms with van der Waals surface area (Å²) < 4.78 is 62.7. The third-order valence-electron chi connectivity index (χ3n) is 9.69. The molecule has 268 valence electrons. The van der Waals surface area contributed by atoms with Crippen LogP contribution in [0.4, 0.5) is 28.9 Å². The number of carbonyl (C=O) groups is 3. The first-order valence-electron chi connectivity index (χ1n) is 17.1. The molecule has 1 saturated heterocycles. The molecule has 12 heteroatoms. The molecule has 0 unspecified atom stereocenters. The number of benzene rings is 3. The zero-order valence-electron chi connectivity index (χ0n) is 28.5. The number of halogens is 4. The molecule has 0 aromatic heterocycles. The van der Waals surface area contributed by atoms with Crippen LogP contribution in [0.2, 0.25) is 0 Å². The van der Waals surface area contributed by atoms with E-state index in [0.717, 1.165) is 43.5 Å². The Morgan fingerprint density at radius 1 is 0.960 bits per heavy atom. The zero-order chi connectivity index (χ0) is 36.2. The summed E-state index contributed by atoms with van der Waals surface area (Å²) in [5.41, 5.74) is 6.22. The van der Waals surface area contributed by atoms with E-state index < -0.39 is 59.9 Å². The highest BCUT2D eigenvalue weighted by Gasteiger charge is 2.41. The van der Waals surface area contributed by atoms with Crippen molar-refractivity contribution in [3.8, 4) is 0 Å². The molecule has 1 heterocycles. The van der Waals surface area contributed by atoms with E-state index in [1.54, 1.807) is 26.8 Å². The summed E-state index contributed by atoms with van der Waals surface area (Å²) in [7, 11) is 0. The minimum Gasteiger partial charge on any atom is -0.460 e. The van der Waals surface area contributed by atoms with Crippen molar-refractivity contribution in [1.29, 1.82) is 0 Å². The number of ether oxygens (including phenoxy) is 1. The molecule has 3 aromatic carbocycles. The van der Waals surface area contributed by atoms with Crippen molar-refractivity contribution in [3.05, 3.63) is 94.3 Å². The van der Waals surface area contributed by atoms with Gasteiger partial charge in [-0.15, -0.1) is 0 Å². The monoisotopic (exact) mass is 696 g/mol. The minimum atomic E-state index is -4.81. The van der Waals surface area contributed by atoms with Crippen LogP contribution in [0.5, 0.6) is 0 Å². The lowest BCUT2D eigenvalue weighted by Crippen LogP contribution is -2.46. The quantitative estimate of drug-likeness (QED) is 0.148. The molecule has 1 saturated carbocycles. The van der Waals surface area contributed by atoms with E-state index in [0.29, 0.717) is 30.0 Å². The summed E-state index contributed by atoms with van der Waals surface area (Å²) in [4.78, 5) is 41.7. The number of likely N-dealkylation sites (tertiary alicyclic amines) is 1. The SMILES string of the molecule is Cc1cccc(F)c1C(=O)N1CCC[C@H](C(=O)Nc2ccc(COC(=O)[C@H](N)C(C)C)c(C(F)(F)F)c2)[C@@H]1c1ccc(NC2CCCC2)cc1. The molecule has 1 aliphatic carbocycles. The highest BCUT2D eigenvalue weighted by Crippen LogP contribution is 2.40. The van der Waals surface area contributed by atoms with Gasteiger partial charge in [-0.05, 0) is 80.0 Å². The van der Waals surface area contributed by atoms with Gasteiger partial charge in [0.1, 0.15) is 18.5 Å². The molecule has 3 atom stereocenters. The van der Waals surface area contributed by atoms with Gasteiger partial charge in [-0.25, -0.2) is 4.39 Å². The Kier molecular flexibility index (Phi) is 11.5. The van der Waals surface area contributed by atoms with Crippen LogP contribution in [-0.2, 0) is 27.1 Å². The first kappa shape index (κ1) is 36.8. The second-order valence-corrected chi connectivity index (χ2v) is 13.6. The smallest absolute Gasteiger partial charge is 0.416 e. The average molecular weight is 697 g/mol. The lowest BCUT2D eigenvalue weighted by atomic mass is 9.83. The lowest BCUT2D eigenvalue weighted by molar-refractivity contribution is -0.149. The number of nitrogens with one attached hydrogen (secondary N) is 2. The molecule has 2 fully saturated rings. The molecule has 0 bridgehead atoms. The fourth-order valence-corrected chi connectivity index (χ4v) is 6.84. The van der Waals surface area contributed by atoms with Gasteiger partial charge in [-0.2, -0.15) is 13.2 Å². The molecule has 2 aliphatic rings. The lowest BCUT2D eigenvalue weighted by Gasteiger charge is -2.41. The molecule has 3 aromatic rings. The van der Waals surface area contributed by atoms with Crippen LogP contribution in [0.15, 0.2) is 60.7 Å². The third kappa shape index (κ3) is 8.46. The number of hydrogen-bond acceptors (Lipinski definition) is 6. The normalized spacial score (nSPS) is 18.9. The Hall–Kier alpha value is -4.45. The molecular weight excluding hydrogens is 652 g/mol. The molecule has 8 nitrogen and oxygen atoms in total. The van der Waals surface area contributed by atoms with Gasteiger partial charge in [0.15, 0.2) is 0 Å². The largest absolute Gasteiger partial charge is 0.460 e.